The summed E-state index contributed by atoms with van der Waals surface area (Å²) in [6.45, 7) is 2.37. The fraction of sp³-hybridized carbons (Fsp3) is 0.533. The van der Waals surface area contributed by atoms with Crippen LogP contribution in [0.15, 0.2) is 24.3 Å². The number of carbonyl (C=O) groups is 1. The van der Waals surface area contributed by atoms with Crippen LogP contribution in [0.2, 0.25) is 5.02 Å². The van der Waals surface area contributed by atoms with E-state index in [0.717, 1.165) is 25.1 Å². The van der Waals surface area contributed by atoms with E-state index in [0.29, 0.717) is 24.7 Å². The normalized spacial score (nSPS) is 18.4. The van der Waals surface area contributed by atoms with Crippen LogP contribution in [0.1, 0.15) is 12.8 Å². The number of ether oxygens (including phenoxy) is 1. The molecular weight excluding hydrogens is 292 g/mol. The molecule has 2 amide bonds. The zero-order valence-corrected chi connectivity index (χ0v) is 12.7. The summed E-state index contributed by atoms with van der Waals surface area (Å²) < 4.78 is 5.51. The van der Waals surface area contributed by atoms with Gasteiger partial charge in [-0.05, 0) is 43.0 Å². The second-order valence-corrected chi connectivity index (χ2v) is 5.61. The van der Waals surface area contributed by atoms with E-state index in [9.17, 15) is 4.79 Å². The molecule has 21 heavy (non-hydrogen) atoms. The van der Waals surface area contributed by atoms with Crippen LogP contribution < -0.4 is 10.1 Å². The Bertz CT molecular complexity index is 453. The van der Waals surface area contributed by atoms with E-state index in [-0.39, 0.29) is 18.6 Å². The molecular formula is C15H21ClN2O3. The SMILES string of the molecule is O=C(NCCOc1ccc(Cl)cc1)N1CCCC(CO)C1. The maximum atomic E-state index is 12.0. The molecule has 2 rings (SSSR count). The van der Waals surface area contributed by atoms with Crippen LogP contribution >= 0.6 is 11.6 Å². The molecule has 0 spiro atoms. The Morgan fingerprint density at radius 3 is 2.90 bits per heavy atom. The van der Waals surface area contributed by atoms with Crippen molar-refractivity contribution in [2.75, 3.05) is 32.8 Å². The van der Waals surface area contributed by atoms with Gasteiger partial charge >= 0.3 is 6.03 Å². The summed E-state index contributed by atoms with van der Waals surface area (Å²) in [5, 5.41) is 12.7. The van der Waals surface area contributed by atoms with E-state index in [1.807, 2.05) is 0 Å². The van der Waals surface area contributed by atoms with Gasteiger partial charge in [0, 0.05) is 24.7 Å². The van der Waals surface area contributed by atoms with Crippen molar-refractivity contribution >= 4 is 17.6 Å². The van der Waals surface area contributed by atoms with Crippen LogP contribution in [0.4, 0.5) is 4.79 Å². The van der Waals surface area contributed by atoms with E-state index in [1.54, 1.807) is 29.2 Å². The molecule has 0 aliphatic carbocycles. The number of likely N-dealkylation sites (tertiary alicyclic amines) is 1. The average molecular weight is 313 g/mol. The maximum Gasteiger partial charge on any atom is 0.317 e. The van der Waals surface area contributed by atoms with Gasteiger partial charge in [-0.1, -0.05) is 11.6 Å². The van der Waals surface area contributed by atoms with Gasteiger partial charge in [0.2, 0.25) is 0 Å². The van der Waals surface area contributed by atoms with Gasteiger partial charge in [0.15, 0.2) is 0 Å². The molecule has 1 atom stereocenters. The molecule has 1 unspecified atom stereocenters. The molecule has 0 aromatic heterocycles. The number of hydrogen-bond acceptors (Lipinski definition) is 3. The van der Waals surface area contributed by atoms with E-state index >= 15 is 0 Å². The highest BCUT2D eigenvalue weighted by Crippen LogP contribution is 2.16. The van der Waals surface area contributed by atoms with Gasteiger partial charge < -0.3 is 20.1 Å². The molecule has 5 nitrogen and oxygen atoms in total. The number of halogens is 1. The van der Waals surface area contributed by atoms with Crippen molar-refractivity contribution in [2.45, 2.75) is 12.8 Å². The first-order valence-corrected chi connectivity index (χ1v) is 7.59. The first kappa shape index (κ1) is 15.9. The lowest BCUT2D eigenvalue weighted by atomic mass is 9.99. The number of amides is 2. The van der Waals surface area contributed by atoms with Crippen molar-refractivity contribution in [3.63, 3.8) is 0 Å². The summed E-state index contributed by atoms with van der Waals surface area (Å²) in [6.07, 6.45) is 1.93. The third-order valence-electron chi connectivity index (χ3n) is 3.53. The number of piperidine rings is 1. The quantitative estimate of drug-likeness (QED) is 0.819. The van der Waals surface area contributed by atoms with Gasteiger partial charge in [-0.3, -0.25) is 0 Å². The van der Waals surface area contributed by atoms with Gasteiger partial charge in [0.1, 0.15) is 12.4 Å². The predicted molar refractivity (Wildman–Crippen MR) is 81.7 cm³/mol. The molecule has 0 bridgehead atoms. The number of hydrogen-bond donors (Lipinski definition) is 2. The van der Waals surface area contributed by atoms with Gasteiger partial charge in [0.25, 0.3) is 0 Å². The van der Waals surface area contributed by atoms with Crippen LogP contribution in [-0.2, 0) is 0 Å². The summed E-state index contributed by atoms with van der Waals surface area (Å²) in [4.78, 5) is 13.7. The van der Waals surface area contributed by atoms with Crippen LogP contribution in [0, 0.1) is 5.92 Å². The smallest absolute Gasteiger partial charge is 0.317 e. The molecule has 1 aliphatic heterocycles. The minimum absolute atomic E-state index is 0.0899. The molecule has 116 valence electrons. The third kappa shape index (κ3) is 5.10. The molecule has 1 aliphatic rings. The minimum atomic E-state index is -0.0899. The van der Waals surface area contributed by atoms with Gasteiger partial charge in [-0.15, -0.1) is 0 Å². The molecule has 1 saturated heterocycles. The lowest BCUT2D eigenvalue weighted by Gasteiger charge is -2.31. The summed E-state index contributed by atoms with van der Waals surface area (Å²) in [6, 6.07) is 7.02. The number of rotatable bonds is 5. The van der Waals surface area contributed by atoms with Crippen molar-refractivity contribution in [1.29, 1.82) is 0 Å². The highest BCUT2D eigenvalue weighted by atomic mass is 35.5. The van der Waals surface area contributed by atoms with Crippen LogP contribution in [0.25, 0.3) is 0 Å². The second kappa shape index (κ2) is 8.10. The summed E-state index contributed by atoms with van der Waals surface area (Å²) in [7, 11) is 0. The van der Waals surface area contributed by atoms with E-state index in [2.05, 4.69) is 5.32 Å². The highest BCUT2D eigenvalue weighted by Gasteiger charge is 2.22. The maximum absolute atomic E-state index is 12.0. The van der Waals surface area contributed by atoms with Crippen molar-refractivity contribution in [3.8, 4) is 5.75 Å². The molecule has 1 aromatic rings. The second-order valence-electron chi connectivity index (χ2n) is 5.17. The number of carbonyl (C=O) groups excluding carboxylic acids is 1. The lowest BCUT2D eigenvalue weighted by molar-refractivity contribution is 0.129. The third-order valence-corrected chi connectivity index (χ3v) is 3.78. The number of urea groups is 1. The summed E-state index contributed by atoms with van der Waals surface area (Å²) >= 11 is 5.79. The Balaban J connectivity index is 1.66. The largest absolute Gasteiger partial charge is 0.492 e. The molecule has 6 heteroatoms. The molecule has 2 N–H and O–H groups in total. The summed E-state index contributed by atoms with van der Waals surface area (Å²) in [5.41, 5.74) is 0. The molecule has 1 heterocycles. The highest BCUT2D eigenvalue weighted by molar-refractivity contribution is 6.30. The average Bonchev–Trinajstić information content (AvgIpc) is 2.53. The fourth-order valence-corrected chi connectivity index (χ4v) is 2.49. The predicted octanol–water partition coefficient (Wildman–Crippen LogP) is 2.13. The Hall–Kier alpha value is -1.46. The number of nitrogens with zero attached hydrogens (tertiary/aromatic N) is 1. The Morgan fingerprint density at radius 1 is 1.43 bits per heavy atom. The van der Waals surface area contributed by atoms with Gasteiger partial charge in [-0.2, -0.15) is 0 Å². The zero-order valence-electron chi connectivity index (χ0n) is 11.9. The molecule has 0 saturated carbocycles. The first-order valence-electron chi connectivity index (χ1n) is 7.21. The number of benzene rings is 1. The van der Waals surface area contributed by atoms with E-state index < -0.39 is 0 Å². The van der Waals surface area contributed by atoms with Gasteiger partial charge in [0.05, 0.1) is 6.54 Å². The monoisotopic (exact) mass is 312 g/mol. The van der Waals surface area contributed by atoms with Crippen molar-refractivity contribution in [1.82, 2.24) is 10.2 Å². The molecule has 0 radical (unpaired) electrons. The fourth-order valence-electron chi connectivity index (χ4n) is 2.37. The Labute approximate surface area is 129 Å². The van der Waals surface area contributed by atoms with Crippen molar-refractivity contribution in [2.24, 2.45) is 5.92 Å². The Kier molecular flexibility index (Phi) is 6.14. The number of aliphatic hydroxyl groups excluding tert-OH is 1. The van der Waals surface area contributed by atoms with E-state index in [1.165, 1.54) is 0 Å². The Morgan fingerprint density at radius 2 is 2.19 bits per heavy atom. The van der Waals surface area contributed by atoms with Crippen LogP contribution in [-0.4, -0.2) is 48.9 Å². The minimum Gasteiger partial charge on any atom is -0.492 e. The lowest BCUT2D eigenvalue weighted by Crippen LogP contribution is -2.47. The molecule has 1 fully saturated rings. The first-order chi connectivity index (χ1) is 10.2. The topological polar surface area (TPSA) is 61.8 Å². The van der Waals surface area contributed by atoms with Crippen molar-refractivity contribution in [3.05, 3.63) is 29.3 Å². The number of nitrogens with one attached hydrogen (secondary N) is 1. The zero-order chi connectivity index (χ0) is 15.1. The van der Waals surface area contributed by atoms with Crippen molar-refractivity contribution < 1.29 is 14.6 Å². The van der Waals surface area contributed by atoms with Crippen LogP contribution in [0.5, 0.6) is 5.75 Å². The van der Waals surface area contributed by atoms with E-state index in [4.69, 9.17) is 21.4 Å². The molecule has 1 aromatic carbocycles. The number of aliphatic hydroxyl groups is 1. The summed E-state index contributed by atoms with van der Waals surface area (Å²) in [5.74, 6) is 0.932. The van der Waals surface area contributed by atoms with Gasteiger partial charge in [-0.25, -0.2) is 4.79 Å². The standard InChI is InChI=1S/C15H21ClN2O3/c16-13-3-5-14(6-4-13)21-9-7-17-15(20)18-8-1-2-12(10-18)11-19/h3-6,12,19H,1-2,7-11H2,(H,17,20). The van der Waals surface area contributed by atoms with Crippen LogP contribution in [0.3, 0.4) is 0 Å².